The molecule has 0 unspecified atom stereocenters. The lowest BCUT2D eigenvalue weighted by atomic mass is 10.2. The third kappa shape index (κ3) is 2.03. The lowest BCUT2D eigenvalue weighted by Gasteiger charge is -2.01. The maximum absolute atomic E-state index is 11.2. The smallest absolute Gasteiger partial charge is 0.262 e. The second-order valence-corrected chi connectivity index (χ2v) is 5.53. The summed E-state index contributed by atoms with van der Waals surface area (Å²) in [5, 5.41) is 10.4. The van der Waals surface area contributed by atoms with E-state index >= 15 is 0 Å². The van der Waals surface area contributed by atoms with E-state index in [1.807, 2.05) is 18.2 Å². The minimum Gasteiger partial charge on any atom is -0.506 e. The van der Waals surface area contributed by atoms with Crippen LogP contribution in [0.2, 0.25) is 0 Å². The molecule has 1 amide bonds. The molecule has 0 spiro atoms. The van der Waals surface area contributed by atoms with Crippen LogP contribution in [0.4, 0.5) is 0 Å². The van der Waals surface area contributed by atoms with Crippen molar-refractivity contribution in [3.63, 3.8) is 0 Å². The van der Waals surface area contributed by atoms with Crippen molar-refractivity contribution in [2.75, 3.05) is 0 Å². The van der Waals surface area contributed by atoms with Crippen molar-refractivity contribution in [3.8, 4) is 10.8 Å². The van der Waals surface area contributed by atoms with Crippen molar-refractivity contribution < 1.29 is 9.90 Å². The Morgan fingerprint density at radius 2 is 2.25 bits per heavy atom. The number of rotatable bonds is 3. The number of benzene rings is 1. The summed E-state index contributed by atoms with van der Waals surface area (Å²) in [5.74, 6) is -0.360. The van der Waals surface area contributed by atoms with Crippen LogP contribution in [0.25, 0.3) is 16.0 Å². The average Bonchev–Trinajstić information content (AvgIpc) is 3.01. The van der Waals surface area contributed by atoms with Crippen LogP contribution < -0.4 is 5.73 Å². The number of amides is 1. The molecule has 1 aromatic carbocycles. The van der Waals surface area contributed by atoms with Gasteiger partial charge in [0.05, 0.1) is 11.0 Å². The third-order valence-corrected chi connectivity index (χ3v) is 4.37. The first-order valence-corrected chi connectivity index (χ1v) is 7.10. The molecular weight excluding hydrogens is 298 g/mol. The van der Waals surface area contributed by atoms with Gasteiger partial charge in [-0.1, -0.05) is 6.07 Å². The Bertz CT molecular complexity index is 809. The van der Waals surface area contributed by atoms with E-state index in [9.17, 15) is 9.90 Å². The quantitative estimate of drug-likeness (QED) is 0.730. The van der Waals surface area contributed by atoms with Gasteiger partial charge in [0.25, 0.3) is 5.91 Å². The fourth-order valence-corrected chi connectivity index (χ4v) is 3.03. The monoisotopic (exact) mass is 307 g/mol. The summed E-state index contributed by atoms with van der Waals surface area (Å²) in [6.07, 6.45) is 1.64. The lowest BCUT2D eigenvalue weighted by molar-refractivity contribution is 0.100. The molecule has 0 radical (unpaired) electrons. The Hall–Kier alpha value is -2.05. The molecule has 0 bridgehead atoms. The first-order chi connectivity index (χ1) is 9.60. The molecule has 20 heavy (non-hydrogen) atoms. The van der Waals surface area contributed by atoms with Gasteiger partial charge in [0.1, 0.15) is 22.0 Å². The number of nitrogens with two attached hydrogens (primary N) is 1. The highest BCUT2D eigenvalue weighted by Gasteiger charge is 2.15. The third-order valence-electron chi connectivity index (χ3n) is 2.93. The highest BCUT2D eigenvalue weighted by Crippen LogP contribution is 2.32. The van der Waals surface area contributed by atoms with Gasteiger partial charge in [-0.25, -0.2) is 4.98 Å². The van der Waals surface area contributed by atoms with E-state index in [1.54, 1.807) is 10.9 Å². The van der Waals surface area contributed by atoms with E-state index in [1.165, 1.54) is 6.07 Å². The summed E-state index contributed by atoms with van der Waals surface area (Å²) in [5.41, 5.74) is 7.85. The number of hydrogen-bond donors (Lipinski definition) is 2. The zero-order valence-electron chi connectivity index (χ0n) is 10.2. The number of alkyl halides is 1. The van der Waals surface area contributed by atoms with Crippen LogP contribution in [-0.4, -0.2) is 20.6 Å². The first-order valence-electron chi connectivity index (χ1n) is 5.75. The van der Waals surface area contributed by atoms with E-state index in [0.717, 1.165) is 27.9 Å². The molecular formula is C13H10ClN3O2S. The van der Waals surface area contributed by atoms with Gasteiger partial charge in [0.2, 0.25) is 0 Å². The van der Waals surface area contributed by atoms with Crippen LogP contribution in [0, 0.1) is 0 Å². The molecule has 5 nitrogen and oxygen atoms in total. The van der Waals surface area contributed by atoms with Gasteiger partial charge < -0.3 is 10.8 Å². The van der Waals surface area contributed by atoms with Crippen LogP contribution >= 0.6 is 22.9 Å². The SMILES string of the molecule is NC(=O)c1sc(-n2cnc3ccc(CCl)cc32)cc1O. The number of carbonyl (C=O) groups excluding carboxylic acids is 1. The predicted octanol–water partition coefficient (Wildman–Crippen LogP) is 2.63. The minimum atomic E-state index is -0.649. The van der Waals surface area contributed by atoms with Gasteiger partial charge in [-0.2, -0.15) is 0 Å². The van der Waals surface area contributed by atoms with Crippen molar-refractivity contribution in [1.29, 1.82) is 0 Å². The molecule has 0 fully saturated rings. The molecule has 7 heteroatoms. The Kier molecular flexibility index (Phi) is 3.11. The first kappa shape index (κ1) is 13.0. The van der Waals surface area contributed by atoms with Gasteiger partial charge >= 0.3 is 0 Å². The van der Waals surface area contributed by atoms with Gasteiger partial charge in [-0.05, 0) is 17.7 Å². The largest absolute Gasteiger partial charge is 0.506 e. The molecule has 0 atom stereocenters. The van der Waals surface area contributed by atoms with Crippen molar-refractivity contribution >= 4 is 39.9 Å². The molecule has 0 aliphatic carbocycles. The summed E-state index contributed by atoms with van der Waals surface area (Å²) in [7, 11) is 0. The Labute approximate surface area is 123 Å². The number of thiophene rings is 1. The Morgan fingerprint density at radius 1 is 1.45 bits per heavy atom. The maximum Gasteiger partial charge on any atom is 0.262 e. The minimum absolute atomic E-state index is 0.118. The molecule has 2 heterocycles. The zero-order chi connectivity index (χ0) is 14.3. The summed E-state index contributed by atoms with van der Waals surface area (Å²) < 4.78 is 1.79. The van der Waals surface area contributed by atoms with Gasteiger partial charge in [-0.15, -0.1) is 22.9 Å². The maximum atomic E-state index is 11.2. The summed E-state index contributed by atoms with van der Waals surface area (Å²) in [6.45, 7) is 0. The number of nitrogens with zero attached hydrogens (tertiary/aromatic N) is 2. The van der Waals surface area contributed by atoms with Crippen LogP contribution in [0.3, 0.4) is 0 Å². The van der Waals surface area contributed by atoms with E-state index in [-0.39, 0.29) is 10.6 Å². The van der Waals surface area contributed by atoms with Gasteiger partial charge in [0.15, 0.2) is 0 Å². The fourth-order valence-electron chi connectivity index (χ4n) is 1.98. The second-order valence-electron chi connectivity index (χ2n) is 4.23. The molecule has 3 N–H and O–H groups in total. The van der Waals surface area contributed by atoms with E-state index in [0.29, 0.717) is 10.9 Å². The van der Waals surface area contributed by atoms with Crippen molar-refractivity contribution in [3.05, 3.63) is 41.0 Å². The van der Waals surface area contributed by atoms with Crippen LogP contribution in [0.5, 0.6) is 5.75 Å². The number of aromatic nitrogens is 2. The van der Waals surface area contributed by atoms with Crippen molar-refractivity contribution in [1.82, 2.24) is 9.55 Å². The Morgan fingerprint density at radius 3 is 2.90 bits per heavy atom. The molecule has 2 aromatic heterocycles. The molecule has 3 rings (SSSR count). The number of hydrogen-bond acceptors (Lipinski definition) is 4. The average molecular weight is 308 g/mol. The number of halogens is 1. The molecule has 0 saturated heterocycles. The standard InChI is InChI=1S/C13H10ClN3O2S/c14-5-7-1-2-8-9(3-7)17(6-16-8)11-4-10(18)12(20-11)13(15)19/h1-4,6,18H,5H2,(H2,15,19). The van der Waals surface area contributed by atoms with E-state index < -0.39 is 5.91 Å². The van der Waals surface area contributed by atoms with Crippen molar-refractivity contribution in [2.24, 2.45) is 5.73 Å². The number of imidazole rings is 1. The fraction of sp³-hybridized carbons (Fsp3) is 0.0769. The molecule has 102 valence electrons. The highest BCUT2D eigenvalue weighted by molar-refractivity contribution is 7.16. The number of primary amides is 1. The predicted molar refractivity (Wildman–Crippen MR) is 78.7 cm³/mol. The summed E-state index contributed by atoms with van der Waals surface area (Å²) >= 11 is 6.95. The molecule has 0 aliphatic heterocycles. The summed E-state index contributed by atoms with van der Waals surface area (Å²) in [6, 6.07) is 7.22. The summed E-state index contributed by atoms with van der Waals surface area (Å²) in [4.78, 5) is 15.6. The second kappa shape index (κ2) is 4.81. The highest BCUT2D eigenvalue weighted by atomic mass is 35.5. The Balaban J connectivity index is 2.19. The van der Waals surface area contributed by atoms with Crippen LogP contribution in [0.15, 0.2) is 30.6 Å². The zero-order valence-corrected chi connectivity index (χ0v) is 11.8. The number of carbonyl (C=O) groups is 1. The molecule has 3 aromatic rings. The number of aromatic hydroxyl groups is 1. The van der Waals surface area contributed by atoms with E-state index in [2.05, 4.69) is 4.98 Å². The van der Waals surface area contributed by atoms with Crippen LogP contribution in [0.1, 0.15) is 15.2 Å². The normalized spacial score (nSPS) is 11.1. The van der Waals surface area contributed by atoms with Gasteiger partial charge in [0, 0.05) is 11.9 Å². The van der Waals surface area contributed by atoms with Gasteiger partial charge in [-0.3, -0.25) is 9.36 Å². The van der Waals surface area contributed by atoms with E-state index in [4.69, 9.17) is 17.3 Å². The lowest BCUT2D eigenvalue weighted by Crippen LogP contribution is -2.08. The molecule has 0 aliphatic rings. The van der Waals surface area contributed by atoms with Crippen molar-refractivity contribution in [2.45, 2.75) is 5.88 Å². The molecule has 0 saturated carbocycles. The topological polar surface area (TPSA) is 81.1 Å². The van der Waals surface area contributed by atoms with Crippen LogP contribution in [-0.2, 0) is 5.88 Å². The number of fused-ring (bicyclic) bond motifs is 1.